The zero-order chi connectivity index (χ0) is 18.7. The Morgan fingerprint density at radius 2 is 2.07 bits per heavy atom. The molecule has 27 heavy (non-hydrogen) atoms. The predicted molar refractivity (Wildman–Crippen MR) is 104 cm³/mol. The minimum atomic E-state index is -0.0467. The number of para-hydroxylation sites is 1. The third-order valence-electron chi connectivity index (χ3n) is 5.68. The number of hydrogen-bond acceptors (Lipinski definition) is 5. The minimum absolute atomic E-state index is 0.0467. The SMILES string of the molecule is COc1ccccc1CN1CC2(C[C@H](OCc3cnccc3C)CCO2)C1. The second kappa shape index (κ2) is 7.97. The van der Waals surface area contributed by atoms with E-state index in [-0.39, 0.29) is 11.7 Å². The van der Waals surface area contributed by atoms with E-state index < -0.39 is 0 Å². The third kappa shape index (κ3) is 4.15. The van der Waals surface area contributed by atoms with E-state index in [0.717, 1.165) is 44.8 Å². The summed E-state index contributed by atoms with van der Waals surface area (Å²) in [4.78, 5) is 6.63. The molecule has 5 nitrogen and oxygen atoms in total. The van der Waals surface area contributed by atoms with Gasteiger partial charge in [0.2, 0.25) is 0 Å². The lowest BCUT2D eigenvalue weighted by Crippen LogP contribution is -2.65. The Kier molecular flexibility index (Phi) is 5.43. The van der Waals surface area contributed by atoms with Gasteiger partial charge in [-0.3, -0.25) is 9.88 Å². The third-order valence-corrected chi connectivity index (χ3v) is 5.68. The molecule has 2 saturated heterocycles. The molecule has 2 fully saturated rings. The molecule has 2 aromatic rings. The molecule has 0 radical (unpaired) electrons. The van der Waals surface area contributed by atoms with Crippen LogP contribution < -0.4 is 4.74 Å². The first kappa shape index (κ1) is 18.4. The zero-order valence-corrected chi connectivity index (χ0v) is 16.2. The molecule has 3 heterocycles. The van der Waals surface area contributed by atoms with E-state index in [1.807, 2.05) is 30.6 Å². The summed E-state index contributed by atoms with van der Waals surface area (Å²) in [6, 6.07) is 10.3. The van der Waals surface area contributed by atoms with Gasteiger partial charge in [-0.1, -0.05) is 18.2 Å². The molecule has 0 bridgehead atoms. The Labute approximate surface area is 161 Å². The van der Waals surface area contributed by atoms with Crippen LogP contribution in [0, 0.1) is 6.92 Å². The highest BCUT2D eigenvalue weighted by Crippen LogP contribution is 2.37. The molecule has 0 aliphatic carbocycles. The molecule has 5 heteroatoms. The maximum absolute atomic E-state index is 6.21. The van der Waals surface area contributed by atoms with Crippen molar-refractivity contribution in [3.05, 3.63) is 59.4 Å². The van der Waals surface area contributed by atoms with E-state index in [1.165, 1.54) is 16.7 Å². The minimum Gasteiger partial charge on any atom is -0.496 e. The van der Waals surface area contributed by atoms with E-state index in [1.54, 1.807) is 7.11 Å². The summed E-state index contributed by atoms with van der Waals surface area (Å²) < 4.78 is 17.8. The lowest BCUT2D eigenvalue weighted by atomic mass is 9.84. The van der Waals surface area contributed by atoms with Crippen LogP contribution in [0.3, 0.4) is 0 Å². The van der Waals surface area contributed by atoms with Crippen LogP contribution >= 0.6 is 0 Å². The average molecular weight is 368 g/mol. The molecule has 2 aliphatic heterocycles. The molecule has 1 spiro atoms. The molecule has 144 valence electrons. The molecule has 0 unspecified atom stereocenters. The van der Waals surface area contributed by atoms with E-state index in [4.69, 9.17) is 14.2 Å². The van der Waals surface area contributed by atoms with Crippen LogP contribution in [0.25, 0.3) is 0 Å². The number of methoxy groups -OCH3 is 1. The van der Waals surface area contributed by atoms with Crippen molar-refractivity contribution in [1.29, 1.82) is 0 Å². The van der Waals surface area contributed by atoms with Gasteiger partial charge in [0.1, 0.15) is 5.75 Å². The van der Waals surface area contributed by atoms with Crippen LogP contribution in [0.4, 0.5) is 0 Å². The number of aromatic nitrogens is 1. The number of rotatable bonds is 6. The molecule has 0 amide bonds. The van der Waals surface area contributed by atoms with Crippen molar-refractivity contribution in [2.45, 2.75) is 44.6 Å². The summed E-state index contributed by atoms with van der Waals surface area (Å²) in [6.07, 6.45) is 5.92. The van der Waals surface area contributed by atoms with Crippen molar-refractivity contribution in [2.24, 2.45) is 0 Å². The molecule has 0 N–H and O–H groups in total. The average Bonchev–Trinajstić information content (AvgIpc) is 2.67. The van der Waals surface area contributed by atoms with Crippen LogP contribution in [-0.2, 0) is 22.6 Å². The first-order valence-corrected chi connectivity index (χ1v) is 9.67. The summed E-state index contributed by atoms with van der Waals surface area (Å²) in [7, 11) is 1.73. The van der Waals surface area contributed by atoms with E-state index in [9.17, 15) is 0 Å². The van der Waals surface area contributed by atoms with Gasteiger partial charge in [0.25, 0.3) is 0 Å². The number of pyridine rings is 1. The van der Waals surface area contributed by atoms with Crippen molar-refractivity contribution in [2.75, 3.05) is 26.8 Å². The van der Waals surface area contributed by atoms with Crippen LogP contribution in [0.1, 0.15) is 29.5 Å². The first-order chi connectivity index (χ1) is 13.2. The summed E-state index contributed by atoms with van der Waals surface area (Å²) in [5.74, 6) is 0.955. The van der Waals surface area contributed by atoms with Gasteiger partial charge < -0.3 is 14.2 Å². The fraction of sp³-hybridized carbons (Fsp3) is 0.500. The molecular weight excluding hydrogens is 340 g/mol. The van der Waals surface area contributed by atoms with Crippen LogP contribution in [0.15, 0.2) is 42.7 Å². The topological polar surface area (TPSA) is 43.8 Å². The summed E-state index contributed by atoms with van der Waals surface area (Å²) in [5, 5.41) is 0. The van der Waals surface area contributed by atoms with Crippen molar-refractivity contribution in [3.8, 4) is 5.75 Å². The quantitative estimate of drug-likeness (QED) is 0.782. The fourth-order valence-electron chi connectivity index (χ4n) is 4.16. The maximum atomic E-state index is 6.21. The standard InChI is InChI=1S/C22H28N2O3/c1-17-7-9-23-12-19(17)14-26-20-8-10-27-22(11-20)15-24(16-22)13-18-5-3-4-6-21(18)25-2/h3-7,9,12,20H,8,10-11,13-16H2,1-2H3/t20-/m1/s1. The number of benzene rings is 1. The van der Waals surface area contributed by atoms with Crippen molar-refractivity contribution < 1.29 is 14.2 Å². The van der Waals surface area contributed by atoms with Gasteiger partial charge in [0.05, 0.1) is 25.4 Å². The second-order valence-corrected chi connectivity index (χ2v) is 7.72. The molecule has 2 aliphatic rings. The van der Waals surface area contributed by atoms with Gasteiger partial charge >= 0.3 is 0 Å². The first-order valence-electron chi connectivity index (χ1n) is 9.67. The number of hydrogen-bond donors (Lipinski definition) is 0. The second-order valence-electron chi connectivity index (χ2n) is 7.72. The maximum Gasteiger partial charge on any atom is 0.123 e. The molecular formula is C22H28N2O3. The van der Waals surface area contributed by atoms with E-state index >= 15 is 0 Å². The Hall–Kier alpha value is -1.95. The number of likely N-dealkylation sites (tertiary alicyclic amines) is 1. The highest BCUT2D eigenvalue weighted by atomic mass is 16.5. The van der Waals surface area contributed by atoms with Crippen molar-refractivity contribution in [1.82, 2.24) is 9.88 Å². The highest BCUT2D eigenvalue weighted by Gasteiger charge is 2.47. The molecule has 1 aromatic carbocycles. The van der Waals surface area contributed by atoms with Crippen molar-refractivity contribution in [3.63, 3.8) is 0 Å². The Bertz CT molecular complexity index is 774. The van der Waals surface area contributed by atoms with Gasteiger partial charge in [0.15, 0.2) is 0 Å². The smallest absolute Gasteiger partial charge is 0.123 e. The predicted octanol–water partition coefficient (Wildman–Crippen LogP) is 3.35. The molecule has 0 saturated carbocycles. The summed E-state index contributed by atoms with van der Waals surface area (Å²) in [5.41, 5.74) is 3.59. The Balaban J connectivity index is 1.30. The lowest BCUT2D eigenvalue weighted by Gasteiger charge is -2.53. The van der Waals surface area contributed by atoms with E-state index in [0.29, 0.717) is 6.61 Å². The van der Waals surface area contributed by atoms with Gasteiger partial charge in [-0.05, 0) is 36.6 Å². The van der Waals surface area contributed by atoms with Crippen molar-refractivity contribution >= 4 is 0 Å². The number of ether oxygens (including phenoxy) is 3. The van der Waals surface area contributed by atoms with Gasteiger partial charge in [-0.15, -0.1) is 0 Å². The van der Waals surface area contributed by atoms with E-state index in [2.05, 4.69) is 28.9 Å². The molecule has 1 atom stereocenters. The highest BCUT2D eigenvalue weighted by molar-refractivity contribution is 5.33. The monoisotopic (exact) mass is 368 g/mol. The molecule has 1 aromatic heterocycles. The Morgan fingerprint density at radius 1 is 1.22 bits per heavy atom. The summed E-state index contributed by atoms with van der Waals surface area (Å²) >= 11 is 0. The normalized spacial score (nSPS) is 21.8. The van der Waals surface area contributed by atoms with Gasteiger partial charge in [-0.2, -0.15) is 0 Å². The lowest BCUT2D eigenvalue weighted by molar-refractivity contribution is -0.200. The Morgan fingerprint density at radius 3 is 2.89 bits per heavy atom. The number of nitrogens with zero attached hydrogens (tertiary/aromatic N) is 2. The van der Waals surface area contributed by atoms with Crippen LogP contribution in [0.5, 0.6) is 5.75 Å². The van der Waals surface area contributed by atoms with Crippen LogP contribution in [-0.4, -0.2) is 48.4 Å². The van der Waals surface area contributed by atoms with Gasteiger partial charge in [0, 0.05) is 50.6 Å². The number of aryl methyl sites for hydroxylation is 1. The zero-order valence-electron chi connectivity index (χ0n) is 16.2. The fourth-order valence-corrected chi connectivity index (χ4v) is 4.16. The van der Waals surface area contributed by atoms with Gasteiger partial charge in [-0.25, -0.2) is 0 Å². The molecule has 4 rings (SSSR count). The van der Waals surface area contributed by atoms with Crippen LogP contribution in [0.2, 0.25) is 0 Å². The largest absolute Gasteiger partial charge is 0.496 e. The summed E-state index contributed by atoms with van der Waals surface area (Å²) in [6.45, 7) is 6.32.